The van der Waals surface area contributed by atoms with Crippen LogP contribution < -0.4 is 0 Å². The van der Waals surface area contributed by atoms with Gasteiger partial charge in [0, 0.05) is 32.2 Å². The van der Waals surface area contributed by atoms with Crippen LogP contribution in [0.3, 0.4) is 0 Å². The Balaban J connectivity index is 1.26. The van der Waals surface area contributed by atoms with Crippen LogP contribution in [-0.2, 0) is 16.1 Å². The lowest BCUT2D eigenvalue weighted by molar-refractivity contribution is -0.142. The molecule has 1 aromatic carbocycles. The molecule has 5 nitrogen and oxygen atoms in total. The molecular weight excluding hydrogens is 338 g/mol. The fourth-order valence-corrected chi connectivity index (χ4v) is 4.87. The van der Waals surface area contributed by atoms with Gasteiger partial charge in [-0.3, -0.25) is 14.6 Å². The van der Waals surface area contributed by atoms with Gasteiger partial charge in [-0.25, -0.2) is 0 Å². The number of amides is 1. The van der Waals surface area contributed by atoms with Crippen molar-refractivity contribution in [1.82, 2.24) is 14.7 Å². The van der Waals surface area contributed by atoms with Crippen LogP contribution in [-0.4, -0.2) is 79.1 Å². The minimum absolute atomic E-state index is 0.194. The Bertz CT molecular complexity index is 595. The van der Waals surface area contributed by atoms with Crippen molar-refractivity contribution in [1.29, 1.82) is 0 Å². The molecule has 148 valence electrons. The number of hydrogen-bond donors (Lipinski definition) is 0. The summed E-state index contributed by atoms with van der Waals surface area (Å²) < 4.78 is 5.40. The molecule has 3 heterocycles. The van der Waals surface area contributed by atoms with E-state index in [0.717, 1.165) is 58.7 Å². The fraction of sp³-hybridized carbons (Fsp3) is 0.682. The second-order valence-corrected chi connectivity index (χ2v) is 8.26. The number of nitrogens with zero attached hydrogens (tertiary/aromatic N) is 3. The van der Waals surface area contributed by atoms with Gasteiger partial charge in [-0.15, -0.1) is 0 Å². The third kappa shape index (κ3) is 4.89. The molecule has 3 aliphatic heterocycles. The molecule has 0 N–H and O–H groups in total. The van der Waals surface area contributed by atoms with Crippen LogP contribution >= 0.6 is 0 Å². The van der Waals surface area contributed by atoms with Gasteiger partial charge in [0.05, 0.1) is 19.1 Å². The van der Waals surface area contributed by atoms with Crippen LogP contribution in [0.4, 0.5) is 0 Å². The normalized spacial score (nSPS) is 26.2. The summed E-state index contributed by atoms with van der Waals surface area (Å²) in [5.41, 5.74) is 1.41. The first-order chi connectivity index (χ1) is 13.3. The number of carbonyl (C=O) groups is 1. The zero-order valence-electron chi connectivity index (χ0n) is 16.4. The molecule has 4 rings (SSSR count). The molecule has 0 aromatic heterocycles. The van der Waals surface area contributed by atoms with Crippen molar-refractivity contribution in [3.63, 3.8) is 0 Å². The van der Waals surface area contributed by atoms with E-state index in [1.54, 1.807) is 0 Å². The molecule has 5 heteroatoms. The van der Waals surface area contributed by atoms with Crippen LogP contribution in [0.1, 0.15) is 31.2 Å². The standard InChI is InChI=1S/C22H33N3O2/c26-22(24-13-15-27-16-14-24)20-7-4-10-25(18-20)21-8-11-23(12-9-21)17-19-5-2-1-3-6-19/h1-3,5-6,20-21H,4,7-18H2/t20-/m1/s1. The minimum atomic E-state index is 0.194. The summed E-state index contributed by atoms with van der Waals surface area (Å²) in [6.07, 6.45) is 4.67. The number of likely N-dealkylation sites (tertiary alicyclic amines) is 2. The lowest BCUT2D eigenvalue weighted by Gasteiger charge is -2.43. The van der Waals surface area contributed by atoms with Crippen molar-refractivity contribution in [2.24, 2.45) is 5.92 Å². The molecule has 27 heavy (non-hydrogen) atoms. The number of ether oxygens (including phenoxy) is 1. The number of morpholine rings is 1. The second kappa shape index (κ2) is 9.18. The molecule has 0 unspecified atom stereocenters. The number of carbonyl (C=O) groups excluding carboxylic acids is 1. The lowest BCUT2D eigenvalue weighted by Crippen LogP contribution is -2.52. The number of benzene rings is 1. The summed E-state index contributed by atoms with van der Waals surface area (Å²) in [6.45, 7) is 8.45. The van der Waals surface area contributed by atoms with E-state index in [2.05, 4.69) is 40.1 Å². The van der Waals surface area contributed by atoms with Gasteiger partial charge >= 0.3 is 0 Å². The van der Waals surface area contributed by atoms with Crippen LogP contribution in [0.2, 0.25) is 0 Å². The Morgan fingerprint density at radius 2 is 1.70 bits per heavy atom. The highest BCUT2D eigenvalue weighted by atomic mass is 16.5. The highest BCUT2D eigenvalue weighted by Crippen LogP contribution is 2.26. The Morgan fingerprint density at radius 3 is 2.44 bits per heavy atom. The van der Waals surface area contributed by atoms with Crippen LogP contribution in [0, 0.1) is 5.92 Å². The average Bonchev–Trinajstić information content (AvgIpc) is 2.75. The number of rotatable bonds is 4. The topological polar surface area (TPSA) is 36.0 Å². The smallest absolute Gasteiger partial charge is 0.227 e. The van der Waals surface area contributed by atoms with Crippen molar-refractivity contribution in [2.75, 3.05) is 52.5 Å². The van der Waals surface area contributed by atoms with Gasteiger partial charge < -0.3 is 9.64 Å². The van der Waals surface area contributed by atoms with Crippen LogP contribution in [0.15, 0.2) is 30.3 Å². The maximum atomic E-state index is 12.9. The molecule has 0 saturated carbocycles. The quantitative estimate of drug-likeness (QED) is 0.813. The molecule has 1 atom stereocenters. The van der Waals surface area contributed by atoms with Gasteiger partial charge in [0.25, 0.3) is 0 Å². The first kappa shape index (κ1) is 18.9. The van der Waals surface area contributed by atoms with Crippen LogP contribution in [0.25, 0.3) is 0 Å². The van der Waals surface area contributed by atoms with Crippen molar-refractivity contribution in [3.8, 4) is 0 Å². The molecule has 0 bridgehead atoms. The maximum absolute atomic E-state index is 12.9. The van der Waals surface area contributed by atoms with Gasteiger partial charge in [-0.2, -0.15) is 0 Å². The van der Waals surface area contributed by atoms with E-state index in [1.165, 1.54) is 18.4 Å². The summed E-state index contributed by atoms with van der Waals surface area (Å²) in [6, 6.07) is 11.4. The number of piperidine rings is 2. The number of hydrogen-bond acceptors (Lipinski definition) is 4. The first-order valence-electron chi connectivity index (χ1n) is 10.7. The van der Waals surface area contributed by atoms with Crippen molar-refractivity contribution in [3.05, 3.63) is 35.9 Å². The summed E-state index contributed by atoms with van der Waals surface area (Å²) in [7, 11) is 0. The summed E-state index contributed by atoms with van der Waals surface area (Å²) >= 11 is 0. The van der Waals surface area contributed by atoms with E-state index in [4.69, 9.17) is 4.74 Å². The van der Waals surface area contributed by atoms with Gasteiger partial charge in [0.2, 0.25) is 5.91 Å². The van der Waals surface area contributed by atoms with Gasteiger partial charge in [0.1, 0.15) is 0 Å². The highest BCUT2D eigenvalue weighted by molar-refractivity contribution is 5.79. The highest BCUT2D eigenvalue weighted by Gasteiger charge is 2.33. The zero-order chi connectivity index (χ0) is 18.5. The van der Waals surface area contributed by atoms with E-state index < -0.39 is 0 Å². The predicted molar refractivity (Wildman–Crippen MR) is 106 cm³/mol. The molecule has 0 radical (unpaired) electrons. The van der Waals surface area contributed by atoms with Crippen molar-refractivity contribution >= 4 is 5.91 Å². The van der Waals surface area contributed by atoms with Gasteiger partial charge in [-0.05, 0) is 50.9 Å². The van der Waals surface area contributed by atoms with Gasteiger partial charge in [-0.1, -0.05) is 30.3 Å². The molecule has 1 aromatic rings. The third-order valence-corrected chi connectivity index (χ3v) is 6.45. The average molecular weight is 372 g/mol. The molecule has 3 saturated heterocycles. The van der Waals surface area contributed by atoms with Crippen molar-refractivity contribution < 1.29 is 9.53 Å². The molecule has 0 aliphatic carbocycles. The van der Waals surface area contributed by atoms with Gasteiger partial charge in [0.15, 0.2) is 0 Å². The Kier molecular flexibility index (Phi) is 6.43. The monoisotopic (exact) mass is 371 g/mol. The first-order valence-corrected chi connectivity index (χ1v) is 10.7. The minimum Gasteiger partial charge on any atom is -0.378 e. The SMILES string of the molecule is O=C([C@@H]1CCCN(C2CCN(Cc3ccccc3)CC2)C1)N1CCOCC1. The molecule has 3 fully saturated rings. The maximum Gasteiger partial charge on any atom is 0.227 e. The molecule has 1 amide bonds. The summed E-state index contributed by atoms with van der Waals surface area (Å²) in [5, 5.41) is 0. The summed E-state index contributed by atoms with van der Waals surface area (Å²) in [5.74, 6) is 0.559. The fourth-order valence-electron chi connectivity index (χ4n) is 4.87. The molecule has 0 spiro atoms. The Morgan fingerprint density at radius 1 is 0.963 bits per heavy atom. The Hall–Kier alpha value is -1.43. The zero-order valence-corrected chi connectivity index (χ0v) is 16.4. The van der Waals surface area contributed by atoms with E-state index in [1.807, 2.05) is 4.90 Å². The van der Waals surface area contributed by atoms with E-state index in [-0.39, 0.29) is 5.92 Å². The summed E-state index contributed by atoms with van der Waals surface area (Å²) in [4.78, 5) is 20.1. The molecular formula is C22H33N3O2. The lowest BCUT2D eigenvalue weighted by atomic mass is 9.92. The van der Waals surface area contributed by atoms with E-state index in [0.29, 0.717) is 25.2 Å². The molecule has 3 aliphatic rings. The predicted octanol–water partition coefficient (Wildman–Crippen LogP) is 2.22. The second-order valence-electron chi connectivity index (χ2n) is 8.26. The van der Waals surface area contributed by atoms with E-state index >= 15 is 0 Å². The third-order valence-electron chi connectivity index (χ3n) is 6.45. The van der Waals surface area contributed by atoms with Crippen LogP contribution in [0.5, 0.6) is 0 Å². The van der Waals surface area contributed by atoms with Crippen molar-refractivity contribution in [2.45, 2.75) is 38.3 Å². The van der Waals surface area contributed by atoms with E-state index in [9.17, 15) is 4.79 Å². The largest absolute Gasteiger partial charge is 0.378 e. The Labute approximate surface area is 163 Å².